The first-order valence-electron chi connectivity index (χ1n) is 5.66. The summed E-state index contributed by atoms with van der Waals surface area (Å²) < 4.78 is 18.5. The van der Waals surface area contributed by atoms with Gasteiger partial charge >= 0.3 is 0 Å². The molecule has 0 aliphatic heterocycles. The number of halogens is 1. The molecule has 1 aliphatic rings. The summed E-state index contributed by atoms with van der Waals surface area (Å²) in [6.07, 6.45) is 1.27. The fourth-order valence-corrected chi connectivity index (χ4v) is 2.12. The molecule has 0 spiro atoms. The molecule has 1 saturated carbocycles. The summed E-state index contributed by atoms with van der Waals surface area (Å²) in [5.41, 5.74) is -0.172. The van der Waals surface area contributed by atoms with E-state index in [4.69, 9.17) is 4.74 Å². The van der Waals surface area contributed by atoms with E-state index in [1.807, 2.05) is 13.8 Å². The lowest BCUT2D eigenvalue weighted by molar-refractivity contribution is -0.147. The Bertz CT molecular complexity index is 363. The third-order valence-electron chi connectivity index (χ3n) is 3.79. The van der Waals surface area contributed by atoms with Crippen LogP contribution in [0.4, 0.5) is 4.39 Å². The number of rotatable bonds is 3. The van der Waals surface area contributed by atoms with Crippen LogP contribution in [0.1, 0.15) is 26.7 Å². The fraction of sp³-hybridized carbons (Fsp3) is 0.538. The molecular formula is C13H17FO2. The van der Waals surface area contributed by atoms with Gasteiger partial charge in [0.15, 0.2) is 0 Å². The molecular weight excluding hydrogens is 207 g/mol. The highest BCUT2D eigenvalue weighted by atomic mass is 19.1. The van der Waals surface area contributed by atoms with Crippen LogP contribution in [0.25, 0.3) is 0 Å². The number of benzene rings is 1. The van der Waals surface area contributed by atoms with Gasteiger partial charge in [0, 0.05) is 11.8 Å². The largest absolute Gasteiger partial charge is 0.490 e. The van der Waals surface area contributed by atoms with Crippen LogP contribution < -0.4 is 4.74 Å². The summed E-state index contributed by atoms with van der Waals surface area (Å²) >= 11 is 0. The minimum Gasteiger partial charge on any atom is -0.490 e. The zero-order valence-corrected chi connectivity index (χ0v) is 9.61. The van der Waals surface area contributed by atoms with Crippen molar-refractivity contribution in [3.63, 3.8) is 0 Å². The van der Waals surface area contributed by atoms with Crippen molar-refractivity contribution in [1.82, 2.24) is 0 Å². The standard InChI is InChI=1S/C13H17FO2/c1-3-13(2)11(15)8-12(13)16-10-6-4-9(14)5-7-10/h4-7,11-12,15H,3,8H2,1-2H3. The average Bonchev–Trinajstić information content (AvgIpc) is 2.30. The highest BCUT2D eigenvalue weighted by Gasteiger charge is 2.51. The predicted molar refractivity (Wildman–Crippen MR) is 59.8 cm³/mol. The van der Waals surface area contributed by atoms with Crippen LogP contribution in [-0.2, 0) is 0 Å². The van der Waals surface area contributed by atoms with Crippen molar-refractivity contribution in [2.45, 2.75) is 38.9 Å². The van der Waals surface area contributed by atoms with Gasteiger partial charge in [-0.3, -0.25) is 0 Å². The van der Waals surface area contributed by atoms with Gasteiger partial charge < -0.3 is 9.84 Å². The maximum absolute atomic E-state index is 12.7. The van der Waals surface area contributed by atoms with E-state index in [0.717, 1.165) is 6.42 Å². The summed E-state index contributed by atoms with van der Waals surface area (Å²) in [5.74, 6) is 0.400. The maximum Gasteiger partial charge on any atom is 0.123 e. The lowest BCUT2D eigenvalue weighted by Gasteiger charge is -2.50. The van der Waals surface area contributed by atoms with Gasteiger partial charge in [0.05, 0.1) is 6.10 Å². The fourth-order valence-electron chi connectivity index (χ4n) is 2.12. The summed E-state index contributed by atoms with van der Waals surface area (Å²) in [6.45, 7) is 4.07. The van der Waals surface area contributed by atoms with Crippen LogP contribution in [-0.4, -0.2) is 17.3 Å². The third-order valence-corrected chi connectivity index (χ3v) is 3.79. The van der Waals surface area contributed by atoms with Crippen LogP contribution in [0.3, 0.4) is 0 Å². The van der Waals surface area contributed by atoms with E-state index in [-0.39, 0.29) is 23.4 Å². The second kappa shape index (κ2) is 4.06. The van der Waals surface area contributed by atoms with E-state index in [2.05, 4.69) is 0 Å². The summed E-state index contributed by atoms with van der Waals surface area (Å²) in [4.78, 5) is 0. The lowest BCUT2D eigenvalue weighted by atomic mass is 9.63. The van der Waals surface area contributed by atoms with Crippen molar-refractivity contribution >= 4 is 0 Å². The van der Waals surface area contributed by atoms with Crippen molar-refractivity contribution in [3.8, 4) is 5.75 Å². The molecule has 3 unspecified atom stereocenters. The smallest absolute Gasteiger partial charge is 0.123 e. The summed E-state index contributed by atoms with van der Waals surface area (Å²) in [6, 6.07) is 6.01. The van der Waals surface area contributed by atoms with Crippen molar-refractivity contribution < 1.29 is 14.2 Å². The van der Waals surface area contributed by atoms with Crippen LogP contribution in [0.5, 0.6) is 5.75 Å². The molecule has 1 aromatic carbocycles. The normalized spacial score (nSPS) is 33.2. The minimum atomic E-state index is -0.289. The molecule has 0 amide bonds. The maximum atomic E-state index is 12.7. The second-order valence-corrected chi connectivity index (χ2v) is 4.67. The zero-order chi connectivity index (χ0) is 11.8. The highest BCUT2D eigenvalue weighted by molar-refractivity contribution is 5.23. The molecule has 0 heterocycles. The monoisotopic (exact) mass is 224 g/mol. The molecule has 1 aromatic rings. The Kier molecular flexibility index (Phi) is 2.89. The van der Waals surface area contributed by atoms with Gasteiger partial charge in [-0.25, -0.2) is 4.39 Å². The van der Waals surface area contributed by atoms with Gasteiger partial charge in [-0.05, 0) is 30.7 Å². The van der Waals surface area contributed by atoms with Gasteiger partial charge in [-0.2, -0.15) is 0 Å². The molecule has 3 atom stereocenters. The Morgan fingerprint density at radius 1 is 1.44 bits per heavy atom. The van der Waals surface area contributed by atoms with Crippen LogP contribution in [0, 0.1) is 11.2 Å². The summed E-state index contributed by atoms with van der Waals surface area (Å²) in [5, 5.41) is 9.72. The van der Waals surface area contributed by atoms with E-state index in [1.165, 1.54) is 12.1 Å². The van der Waals surface area contributed by atoms with E-state index < -0.39 is 0 Å². The van der Waals surface area contributed by atoms with Gasteiger partial charge in [0.1, 0.15) is 17.7 Å². The number of ether oxygens (including phenoxy) is 1. The Labute approximate surface area is 95.1 Å². The Morgan fingerprint density at radius 3 is 2.56 bits per heavy atom. The van der Waals surface area contributed by atoms with Crippen LogP contribution >= 0.6 is 0 Å². The van der Waals surface area contributed by atoms with E-state index >= 15 is 0 Å². The van der Waals surface area contributed by atoms with Crippen molar-refractivity contribution in [2.24, 2.45) is 5.41 Å². The number of aliphatic hydroxyl groups excluding tert-OH is 1. The topological polar surface area (TPSA) is 29.5 Å². The average molecular weight is 224 g/mol. The second-order valence-electron chi connectivity index (χ2n) is 4.67. The summed E-state index contributed by atoms with van der Waals surface area (Å²) in [7, 11) is 0. The number of aliphatic hydroxyl groups is 1. The molecule has 1 fully saturated rings. The number of hydrogen-bond acceptors (Lipinski definition) is 2. The Morgan fingerprint density at radius 2 is 2.06 bits per heavy atom. The Balaban J connectivity index is 2.04. The first-order chi connectivity index (χ1) is 7.56. The van der Waals surface area contributed by atoms with Gasteiger partial charge in [-0.15, -0.1) is 0 Å². The van der Waals surface area contributed by atoms with E-state index in [1.54, 1.807) is 12.1 Å². The van der Waals surface area contributed by atoms with E-state index in [9.17, 15) is 9.50 Å². The van der Waals surface area contributed by atoms with Gasteiger partial charge in [0.2, 0.25) is 0 Å². The molecule has 16 heavy (non-hydrogen) atoms. The molecule has 88 valence electrons. The molecule has 2 nitrogen and oxygen atoms in total. The third kappa shape index (κ3) is 1.80. The molecule has 2 rings (SSSR count). The Hall–Kier alpha value is -1.09. The predicted octanol–water partition coefficient (Wildman–Crippen LogP) is 2.75. The van der Waals surface area contributed by atoms with E-state index in [0.29, 0.717) is 12.2 Å². The highest BCUT2D eigenvalue weighted by Crippen LogP contribution is 2.45. The van der Waals surface area contributed by atoms with Gasteiger partial charge in [0.25, 0.3) is 0 Å². The first-order valence-corrected chi connectivity index (χ1v) is 5.66. The SMILES string of the molecule is CCC1(C)C(O)CC1Oc1ccc(F)cc1. The first kappa shape index (κ1) is 11.4. The number of hydrogen-bond donors (Lipinski definition) is 1. The minimum absolute atomic E-state index is 0.0259. The van der Waals surface area contributed by atoms with Crippen LogP contribution in [0.2, 0.25) is 0 Å². The molecule has 0 aromatic heterocycles. The molecule has 3 heteroatoms. The van der Waals surface area contributed by atoms with Crippen molar-refractivity contribution in [2.75, 3.05) is 0 Å². The van der Waals surface area contributed by atoms with Crippen molar-refractivity contribution in [1.29, 1.82) is 0 Å². The molecule has 0 radical (unpaired) electrons. The molecule has 1 aliphatic carbocycles. The molecule has 1 N–H and O–H groups in total. The van der Waals surface area contributed by atoms with Crippen molar-refractivity contribution in [3.05, 3.63) is 30.1 Å². The molecule has 0 saturated heterocycles. The van der Waals surface area contributed by atoms with Crippen LogP contribution in [0.15, 0.2) is 24.3 Å². The quantitative estimate of drug-likeness (QED) is 0.855. The molecule has 0 bridgehead atoms. The van der Waals surface area contributed by atoms with Gasteiger partial charge in [-0.1, -0.05) is 13.8 Å². The lowest BCUT2D eigenvalue weighted by Crippen LogP contribution is -2.57. The zero-order valence-electron chi connectivity index (χ0n) is 9.61.